The second-order valence-corrected chi connectivity index (χ2v) is 2.44. The fourth-order valence-electron chi connectivity index (χ4n) is 0.896. The normalized spacial score (nSPS) is 11.4. The van der Waals surface area contributed by atoms with E-state index in [0.717, 1.165) is 0 Å². The van der Waals surface area contributed by atoms with Crippen LogP contribution in [0.5, 0.6) is 0 Å². The highest BCUT2D eigenvalue weighted by Gasteiger charge is 2.34. The summed E-state index contributed by atoms with van der Waals surface area (Å²) in [6, 6.07) is 2.10. The van der Waals surface area contributed by atoms with Crippen molar-refractivity contribution in [3.05, 3.63) is 17.5 Å². The summed E-state index contributed by atoms with van der Waals surface area (Å²) < 4.78 is 48.8. The van der Waals surface area contributed by atoms with E-state index in [-0.39, 0.29) is 12.2 Å². The Morgan fingerprint density at radius 3 is 2.57 bits per heavy atom. The van der Waals surface area contributed by atoms with Crippen molar-refractivity contribution in [2.45, 2.75) is 12.7 Å². The van der Waals surface area contributed by atoms with Crippen molar-refractivity contribution in [3.63, 3.8) is 0 Å². The van der Waals surface area contributed by atoms with Gasteiger partial charge in [0.25, 0.3) is 0 Å². The predicted molar refractivity (Wildman–Crippen MR) is 37.9 cm³/mol. The molecule has 0 aliphatic rings. The summed E-state index contributed by atoms with van der Waals surface area (Å²) in [4.78, 5) is 0. The number of nitriles is 1. The molecule has 3 nitrogen and oxygen atoms in total. The molecule has 76 valence electrons. The standard InChI is InChI=1S/C7H5F4N3/c8-1-2-14-5(4-12)3-6(13-14)7(9,10)11/h3H,1-2H2. The van der Waals surface area contributed by atoms with Gasteiger partial charge in [-0.25, -0.2) is 4.39 Å². The van der Waals surface area contributed by atoms with Gasteiger partial charge in [0, 0.05) is 6.07 Å². The molecule has 0 bridgehead atoms. The molecule has 1 aromatic heterocycles. The van der Waals surface area contributed by atoms with Crippen LogP contribution in [-0.4, -0.2) is 16.5 Å². The Bertz CT molecular complexity index is 360. The third kappa shape index (κ3) is 2.02. The Kier molecular flexibility index (Phi) is 2.74. The molecule has 0 atom stereocenters. The van der Waals surface area contributed by atoms with Gasteiger partial charge in [-0.1, -0.05) is 0 Å². The van der Waals surface area contributed by atoms with E-state index in [4.69, 9.17) is 5.26 Å². The lowest BCUT2D eigenvalue weighted by atomic mass is 10.3. The highest BCUT2D eigenvalue weighted by Crippen LogP contribution is 2.28. The smallest absolute Gasteiger partial charge is 0.252 e. The van der Waals surface area contributed by atoms with Crippen LogP contribution >= 0.6 is 0 Å². The lowest BCUT2D eigenvalue weighted by Gasteiger charge is -2.00. The van der Waals surface area contributed by atoms with Gasteiger partial charge in [-0.05, 0) is 0 Å². The van der Waals surface area contributed by atoms with Crippen LogP contribution in [0.3, 0.4) is 0 Å². The summed E-state index contributed by atoms with van der Waals surface area (Å²) in [6.07, 6.45) is -4.60. The molecule has 0 saturated heterocycles. The fourth-order valence-corrected chi connectivity index (χ4v) is 0.896. The van der Waals surface area contributed by atoms with Crippen molar-refractivity contribution in [3.8, 4) is 6.07 Å². The van der Waals surface area contributed by atoms with Crippen LogP contribution in [0.4, 0.5) is 17.6 Å². The average Bonchev–Trinajstić information content (AvgIpc) is 2.47. The van der Waals surface area contributed by atoms with Gasteiger partial charge in [0.15, 0.2) is 5.69 Å². The Morgan fingerprint density at radius 1 is 1.50 bits per heavy atom. The zero-order valence-corrected chi connectivity index (χ0v) is 6.85. The molecule has 0 aromatic carbocycles. The van der Waals surface area contributed by atoms with Crippen LogP contribution in [0.25, 0.3) is 0 Å². The summed E-state index contributed by atoms with van der Waals surface area (Å²) in [6.45, 7) is -1.22. The predicted octanol–water partition coefficient (Wildman–Crippen LogP) is 1.74. The van der Waals surface area contributed by atoms with E-state index in [9.17, 15) is 17.6 Å². The van der Waals surface area contributed by atoms with E-state index < -0.39 is 18.5 Å². The molecule has 0 unspecified atom stereocenters. The van der Waals surface area contributed by atoms with Crippen LogP contribution in [-0.2, 0) is 12.7 Å². The van der Waals surface area contributed by atoms with Crippen molar-refractivity contribution in [1.29, 1.82) is 5.26 Å². The maximum atomic E-state index is 12.1. The maximum absolute atomic E-state index is 12.1. The lowest BCUT2D eigenvalue weighted by Crippen LogP contribution is -2.09. The van der Waals surface area contributed by atoms with Crippen molar-refractivity contribution in [2.75, 3.05) is 6.67 Å². The highest BCUT2D eigenvalue weighted by molar-refractivity contribution is 5.24. The number of rotatable bonds is 2. The van der Waals surface area contributed by atoms with Gasteiger partial charge in [-0.3, -0.25) is 4.68 Å². The van der Waals surface area contributed by atoms with Gasteiger partial charge in [0.1, 0.15) is 18.4 Å². The van der Waals surface area contributed by atoms with Gasteiger partial charge >= 0.3 is 6.18 Å². The lowest BCUT2D eigenvalue weighted by molar-refractivity contribution is -0.141. The van der Waals surface area contributed by atoms with E-state index in [2.05, 4.69) is 5.10 Å². The summed E-state index contributed by atoms with van der Waals surface area (Å²) in [5, 5.41) is 11.5. The molecular formula is C7H5F4N3. The number of hydrogen-bond acceptors (Lipinski definition) is 2. The van der Waals surface area contributed by atoms with Crippen LogP contribution in [0.2, 0.25) is 0 Å². The quantitative estimate of drug-likeness (QED) is 0.693. The molecule has 1 heterocycles. The first-order valence-corrected chi connectivity index (χ1v) is 3.60. The molecule has 0 aliphatic carbocycles. The first-order valence-electron chi connectivity index (χ1n) is 3.60. The number of alkyl halides is 4. The Balaban J connectivity index is 3.08. The molecule has 0 saturated carbocycles. The SMILES string of the molecule is N#Cc1cc(C(F)(F)F)nn1CCF. The van der Waals surface area contributed by atoms with Crippen molar-refractivity contribution in [1.82, 2.24) is 9.78 Å². The molecule has 0 N–H and O–H groups in total. The summed E-state index contributed by atoms with van der Waals surface area (Å²) in [5.41, 5.74) is -1.47. The molecule has 1 aromatic rings. The Labute approximate surface area is 76.6 Å². The van der Waals surface area contributed by atoms with E-state index in [1.807, 2.05) is 0 Å². The molecular weight excluding hydrogens is 202 g/mol. The van der Waals surface area contributed by atoms with Gasteiger partial charge in [0.2, 0.25) is 0 Å². The molecule has 0 aliphatic heterocycles. The van der Waals surface area contributed by atoms with Crippen LogP contribution in [0, 0.1) is 11.3 Å². The first kappa shape index (κ1) is 10.5. The third-order valence-electron chi connectivity index (χ3n) is 1.48. The number of nitrogens with zero attached hydrogens (tertiary/aromatic N) is 3. The van der Waals surface area contributed by atoms with E-state index in [0.29, 0.717) is 10.7 Å². The first-order chi connectivity index (χ1) is 6.49. The Hall–Kier alpha value is -1.58. The molecule has 0 radical (unpaired) electrons. The third-order valence-corrected chi connectivity index (χ3v) is 1.48. The average molecular weight is 207 g/mol. The molecule has 1 rings (SSSR count). The molecule has 14 heavy (non-hydrogen) atoms. The minimum atomic E-state index is -4.60. The summed E-state index contributed by atoms with van der Waals surface area (Å²) in [7, 11) is 0. The molecule has 0 spiro atoms. The number of halogens is 4. The van der Waals surface area contributed by atoms with Crippen molar-refractivity contribution < 1.29 is 17.6 Å². The van der Waals surface area contributed by atoms with Crippen LogP contribution in [0.15, 0.2) is 6.07 Å². The van der Waals surface area contributed by atoms with E-state index in [1.54, 1.807) is 0 Å². The molecule has 7 heteroatoms. The topological polar surface area (TPSA) is 41.6 Å². The highest BCUT2D eigenvalue weighted by atomic mass is 19.4. The second kappa shape index (κ2) is 3.65. The van der Waals surface area contributed by atoms with E-state index >= 15 is 0 Å². The van der Waals surface area contributed by atoms with Gasteiger partial charge in [-0.2, -0.15) is 23.5 Å². The largest absolute Gasteiger partial charge is 0.435 e. The molecule has 0 amide bonds. The van der Waals surface area contributed by atoms with Crippen molar-refractivity contribution >= 4 is 0 Å². The van der Waals surface area contributed by atoms with Crippen molar-refractivity contribution in [2.24, 2.45) is 0 Å². The minimum absolute atomic E-state index is 0.296. The van der Waals surface area contributed by atoms with Gasteiger partial charge in [-0.15, -0.1) is 0 Å². The molecule has 0 fully saturated rings. The summed E-state index contributed by atoms with van der Waals surface area (Å²) >= 11 is 0. The zero-order chi connectivity index (χ0) is 10.8. The minimum Gasteiger partial charge on any atom is -0.252 e. The van der Waals surface area contributed by atoms with E-state index in [1.165, 1.54) is 6.07 Å². The number of hydrogen-bond donors (Lipinski definition) is 0. The van der Waals surface area contributed by atoms with Gasteiger partial charge < -0.3 is 0 Å². The summed E-state index contributed by atoms with van der Waals surface area (Å²) in [5.74, 6) is 0. The fraction of sp³-hybridized carbons (Fsp3) is 0.429. The van der Waals surface area contributed by atoms with Crippen LogP contribution in [0.1, 0.15) is 11.4 Å². The van der Waals surface area contributed by atoms with Gasteiger partial charge in [0.05, 0.1) is 6.54 Å². The number of aryl methyl sites for hydroxylation is 1. The maximum Gasteiger partial charge on any atom is 0.435 e. The second-order valence-electron chi connectivity index (χ2n) is 2.44. The Morgan fingerprint density at radius 2 is 2.14 bits per heavy atom. The zero-order valence-electron chi connectivity index (χ0n) is 6.85. The monoisotopic (exact) mass is 207 g/mol. The number of aromatic nitrogens is 2. The van der Waals surface area contributed by atoms with Crippen LogP contribution < -0.4 is 0 Å².